The minimum atomic E-state index is -0.699. The van der Waals surface area contributed by atoms with Gasteiger partial charge >= 0.3 is 5.97 Å². The largest absolute Gasteiger partial charge is 0.481 e. The van der Waals surface area contributed by atoms with Crippen LogP contribution in [0.1, 0.15) is 46.5 Å². The zero-order valence-corrected chi connectivity index (χ0v) is 13.9. The fourth-order valence-corrected chi connectivity index (χ4v) is 4.29. The maximum atomic E-state index is 11.5. The van der Waals surface area contributed by atoms with Crippen molar-refractivity contribution in [3.05, 3.63) is 0 Å². The monoisotopic (exact) mass is 312 g/mol. The molecule has 1 aliphatic carbocycles. The second kappa shape index (κ2) is 6.34. The fourth-order valence-electron chi connectivity index (χ4n) is 3.00. The molecule has 1 aromatic heterocycles. The Bertz CT molecular complexity index is 503. The molecule has 1 aliphatic rings. The van der Waals surface area contributed by atoms with Crippen LogP contribution in [0.15, 0.2) is 5.16 Å². The summed E-state index contributed by atoms with van der Waals surface area (Å²) < 4.78 is 1.61. The van der Waals surface area contributed by atoms with Crippen LogP contribution in [0.3, 0.4) is 0 Å². The van der Waals surface area contributed by atoms with Crippen LogP contribution >= 0.6 is 11.8 Å². The van der Waals surface area contributed by atoms with E-state index in [1.807, 2.05) is 0 Å². The first kappa shape index (κ1) is 16.3. The third kappa shape index (κ3) is 3.56. The van der Waals surface area contributed by atoms with Crippen molar-refractivity contribution in [2.45, 2.75) is 56.9 Å². The van der Waals surface area contributed by atoms with Crippen molar-refractivity contribution in [2.75, 3.05) is 0 Å². The van der Waals surface area contributed by atoms with Gasteiger partial charge in [-0.25, -0.2) is 4.68 Å². The van der Waals surface area contributed by atoms with Crippen molar-refractivity contribution in [3.63, 3.8) is 0 Å². The number of aromatic nitrogens is 4. The number of carboxylic acids is 1. The summed E-state index contributed by atoms with van der Waals surface area (Å²) in [5, 5.41) is 21.7. The fraction of sp³-hybridized carbons (Fsp3) is 0.857. The van der Waals surface area contributed by atoms with E-state index < -0.39 is 5.97 Å². The van der Waals surface area contributed by atoms with E-state index in [4.69, 9.17) is 0 Å². The number of hydrogen-bond donors (Lipinski definition) is 1. The van der Waals surface area contributed by atoms with Gasteiger partial charge in [0.25, 0.3) is 0 Å². The van der Waals surface area contributed by atoms with Gasteiger partial charge in [-0.3, -0.25) is 4.79 Å². The molecule has 3 atom stereocenters. The first-order chi connectivity index (χ1) is 9.85. The lowest BCUT2D eigenvalue weighted by molar-refractivity contribution is -0.143. The number of hydrogen-bond acceptors (Lipinski definition) is 5. The maximum Gasteiger partial charge on any atom is 0.307 e. The molecule has 1 fully saturated rings. The molecular formula is C14H24N4O2S. The Morgan fingerprint density at radius 1 is 1.48 bits per heavy atom. The van der Waals surface area contributed by atoms with Gasteiger partial charge in [0.2, 0.25) is 5.16 Å². The van der Waals surface area contributed by atoms with E-state index in [9.17, 15) is 9.90 Å². The highest BCUT2D eigenvalue weighted by Crippen LogP contribution is 2.46. The molecule has 2 rings (SSSR count). The molecule has 1 N–H and O–H groups in total. The number of thioether (sulfide) groups is 1. The number of rotatable bonds is 5. The normalized spacial score (nSPS) is 26.8. The number of aliphatic carboxylic acids is 1. The number of aryl methyl sites for hydroxylation is 1. The summed E-state index contributed by atoms with van der Waals surface area (Å²) in [5.74, 6) is -0.456. The lowest BCUT2D eigenvalue weighted by atomic mass is 9.67. The molecule has 6 nitrogen and oxygen atoms in total. The second-order valence-corrected chi connectivity index (χ2v) is 7.74. The summed E-state index contributed by atoms with van der Waals surface area (Å²) in [7, 11) is 1.79. The molecule has 0 radical (unpaired) electrons. The molecule has 0 aliphatic heterocycles. The molecular weight excluding hydrogens is 288 g/mol. The van der Waals surface area contributed by atoms with Crippen molar-refractivity contribution in [3.8, 4) is 0 Å². The molecule has 0 amide bonds. The quantitative estimate of drug-likeness (QED) is 0.900. The molecule has 0 spiro atoms. The van der Waals surface area contributed by atoms with Crippen molar-refractivity contribution in [1.29, 1.82) is 0 Å². The summed E-state index contributed by atoms with van der Waals surface area (Å²) in [4.78, 5) is 11.5. The van der Waals surface area contributed by atoms with Gasteiger partial charge in [-0.05, 0) is 41.0 Å². The topological polar surface area (TPSA) is 80.9 Å². The molecule has 0 bridgehead atoms. The Labute approximate surface area is 129 Å². The van der Waals surface area contributed by atoms with Crippen molar-refractivity contribution >= 4 is 17.7 Å². The summed E-state index contributed by atoms with van der Waals surface area (Å²) in [6.07, 6.45) is 3.76. The van der Waals surface area contributed by atoms with Crippen LogP contribution in [0.25, 0.3) is 0 Å². The highest BCUT2D eigenvalue weighted by atomic mass is 32.2. The molecule has 3 unspecified atom stereocenters. The maximum absolute atomic E-state index is 11.5. The van der Waals surface area contributed by atoms with Crippen LogP contribution in [0.2, 0.25) is 0 Å². The SMILES string of the molecule is CCC(C)(C)C1CCC(C(=O)O)C(Sc2nnnn2C)C1. The van der Waals surface area contributed by atoms with E-state index in [1.54, 1.807) is 11.7 Å². The number of tetrazole rings is 1. The van der Waals surface area contributed by atoms with E-state index in [1.165, 1.54) is 11.8 Å². The van der Waals surface area contributed by atoms with Crippen molar-refractivity contribution in [2.24, 2.45) is 24.3 Å². The molecule has 0 saturated heterocycles. The smallest absolute Gasteiger partial charge is 0.307 e. The number of carboxylic acid groups (broad SMARTS) is 1. The second-order valence-electron chi connectivity index (χ2n) is 6.54. The highest BCUT2D eigenvalue weighted by molar-refractivity contribution is 7.99. The number of carbonyl (C=O) groups is 1. The number of nitrogens with zero attached hydrogens (tertiary/aromatic N) is 4. The Kier molecular flexibility index (Phi) is 4.91. The average molecular weight is 312 g/mol. The molecule has 21 heavy (non-hydrogen) atoms. The van der Waals surface area contributed by atoms with E-state index in [0.717, 1.165) is 25.7 Å². The highest BCUT2D eigenvalue weighted by Gasteiger charge is 2.41. The van der Waals surface area contributed by atoms with E-state index in [2.05, 4.69) is 36.3 Å². The zero-order valence-electron chi connectivity index (χ0n) is 13.1. The van der Waals surface area contributed by atoms with Crippen LogP contribution in [0, 0.1) is 17.3 Å². The van der Waals surface area contributed by atoms with Gasteiger partial charge in [0, 0.05) is 12.3 Å². The third-order valence-electron chi connectivity index (χ3n) is 4.96. The van der Waals surface area contributed by atoms with Crippen LogP contribution in [0.5, 0.6) is 0 Å². The lowest BCUT2D eigenvalue weighted by Gasteiger charge is -2.41. The molecule has 118 valence electrons. The summed E-state index contributed by atoms with van der Waals surface area (Å²) in [6.45, 7) is 6.77. The predicted octanol–water partition coefficient (Wildman–Crippen LogP) is 2.61. The zero-order chi connectivity index (χ0) is 15.6. The van der Waals surface area contributed by atoms with Gasteiger partial charge in [0.05, 0.1) is 5.92 Å². The van der Waals surface area contributed by atoms with Crippen LogP contribution < -0.4 is 0 Å². The van der Waals surface area contributed by atoms with E-state index in [0.29, 0.717) is 11.1 Å². The van der Waals surface area contributed by atoms with Gasteiger partial charge < -0.3 is 5.11 Å². The summed E-state index contributed by atoms with van der Waals surface area (Å²) in [5.41, 5.74) is 0.250. The average Bonchev–Trinajstić information content (AvgIpc) is 2.84. The minimum Gasteiger partial charge on any atom is -0.481 e. The summed E-state index contributed by atoms with van der Waals surface area (Å²) in [6, 6.07) is 0. The Morgan fingerprint density at radius 3 is 2.71 bits per heavy atom. The molecule has 0 aromatic carbocycles. The summed E-state index contributed by atoms with van der Waals surface area (Å²) >= 11 is 1.51. The van der Waals surface area contributed by atoms with Crippen LogP contribution in [-0.4, -0.2) is 36.5 Å². The van der Waals surface area contributed by atoms with Crippen LogP contribution in [-0.2, 0) is 11.8 Å². The third-order valence-corrected chi connectivity index (χ3v) is 6.34. The Morgan fingerprint density at radius 2 is 2.19 bits per heavy atom. The van der Waals surface area contributed by atoms with Gasteiger partial charge in [-0.15, -0.1) is 5.10 Å². The van der Waals surface area contributed by atoms with Crippen molar-refractivity contribution < 1.29 is 9.90 Å². The first-order valence-electron chi connectivity index (χ1n) is 7.47. The van der Waals surface area contributed by atoms with Crippen molar-refractivity contribution in [1.82, 2.24) is 20.2 Å². The lowest BCUT2D eigenvalue weighted by Crippen LogP contribution is -2.38. The van der Waals surface area contributed by atoms with Gasteiger partial charge in [-0.1, -0.05) is 39.0 Å². The van der Waals surface area contributed by atoms with Gasteiger partial charge in [0.1, 0.15) is 0 Å². The Hall–Kier alpha value is -1.11. The molecule has 1 aromatic rings. The van der Waals surface area contributed by atoms with Gasteiger partial charge in [-0.2, -0.15) is 0 Å². The standard InChI is InChI=1S/C14H24N4O2S/c1-5-14(2,3)9-6-7-10(12(19)20)11(8-9)21-13-15-16-17-18(13)4/h9-11H,5-8H2,1-4H3,(H,19,20). The van der Waals surface area contributed by atoms with Gasteiger partial charge in [0.15, 0.2) is 0 Å². The van der Waals surface area contributed by atoms with E-state index in [-0.39, 0.29) is 16.6 Å². The van der Waals surface area contributed by atoms with Crippen LogP contribution in [0.4, 0.5) is 0 Å². The minimum absolute atomic E-state index is 0.0387. The Balaban J connectivity index is 2.16. The first-order valence-corrected chi connectivity index (χ1v) is 8.35. The molecule has 1 heterocycles. The molecule has 1 saturated carbocycles. The predicted molar refractivity (Wildman–Crippen MR) is 81.0 cm³/mol. The molecule has 7 heteroatoms. The van der Waals surface area contributed by atoms with E-state index >= 15 is 0 Å².